The Kier molecular flexibility index (Phi) is 6.33. The van der Waals surface area contributed by atoms with Crippen LogP contribution in [0.3, 0.4) is 0 Å². The van der Waals surface area contributed by atoms with Crippen molar-refractivity contribution >= 4 is 22.8 Å². The van der Waals surface area contributed by atoms with E-state index in [-0.39, 0.29) is 23.8 Å². The lowest BCUT2D eigenvalue weighted by Gasteiger charge is -2.30. The van der Waals surface area contributed by atoms with Crippen LogP contribution in [-0.4, -0.2) is 24.4 Å². The van der Waals surface area contributed by atoms with Gasteiger partial charge in [0.25, 0.3) is 5.69 Å². The number of rotatable bonds is 6. The maximum absolute atomic E-state index is 13.7. The first-order chi connectivity index (χ1) is 17.5. The van der Waals surface area contributed by atoms with Gasteiger partial charge in [-0.15, -0.1) is 0 Å². The topological polar surface area (TPSA) is 103 Å². The van der Waals surface area contributed by atoms with Gasteiger partial charge in [-0.1, -0.05) is 30.3 Å². The molecule has 0 bridgehead atoms. The molecule has 2 N–H and O–H groups in total. The molecule has 2 atom stereocenters. The van der Waals surface area contributed by atoms with Gasteiger partial charge in [0.1, 0.15) is 0 Å². The summed E-state index contributed by atoms with van der Waals surface area (Å²) in [6.45, 7) is 2.44. The number of allylic oxidation sites excluding steroid dienone is 1. The zero-order valence-electron chi connectivity index (χ0n) is 20.1. The zero-order chi connectivity index (χ0) is 25.2. The summed E-state index contributed by atoms with van der Waals surface area (Å²) in [5.41, 5.74) is 4.32. The van der Waals surface area contributed by atoms with Crippen LogP contribution in [0.2, 0.25) is 0 Å². The number of methoxy groups -OCH3 is 1. The molecule has 0 spiro atoms. The molecule has 0 radical (unpaired) electrons. The molecule has 3 aromatic carbocycles. The third kappa shape index (κ3) is 4.26. The summed E-state index contributed by atoms with van der Waals surface area (Å²) in [5, 5.41) is 18.7. The number of nitro groups is 1. The highest BCUT2D eigenvalue weighted by Gasteiger charge is 2.38. The Morgan fingerprint density at radius 2 is 1.75 bits per heavy atom. The van der Waals surface area contributed by atoms with Crippen LogP contribution in [0.15, 0.2) is 78.0 Å². The molecule has 0 amide bonds. The van der Waals surface area contributed by atoms with E-state index in [2.05, 4.69) is 10.6 Å². The van der Waals surface area contributed by atoms with Gasteiger partial charge in [0, 0.05) is 23.8 Å². The van der Waals surface area contributed by atoms with E-state index in [1.54, 1.807) is 25.3 Å². The van der Waals surface area contributed by atoms with Crippen molar-refractivity contribution in [2.75, 3.05) is 24.4 Å². The summed E-state index contributed by atoms with van der Waals surface area (Å²) in [7, 11) is 1.60. The van der Waals surface area contributed by atoms with Gasteiger partial charge in [-0.25, -0.2) is 0 Å². The number of nitro benzene ring substituents is 1. The summed E-state index contributed by atoms with van der Waals surface area (Å²) in [4.78, 5) is 25.2. The maximum Gasteiger partial charge on any atom is 0.275 e. The summed E-state index contributed by atoms with van der Waals surface area (Å²) < 4.78 is 11.2. The van der Waals surface area contributed by atoms with Gasteiger partial charge in [-0.05, 0) is 55.2 Å². The molecule has 184 valence electrons. The van der Waals surface area contributed by atoms with Gasteiger partial charge >= 0.3 is 0 Å². The van der Waals surface area contributed by atoms with E-state index in [1.165, 1.54) is 6.07 Å². The number of carbonyl (C=O) groups excluding carboxylic acids is 1. The first kappa shape index (κ1) is 23.4. The molecule has 8 heteroatoms. The fourth-order valence-corrected chi connectivity index (χ4v) is 5.07. The molecule has 2 aliphatic rings. The third-order valence-corrected chi connectivity index (χ3v) is 6.71. The van der Waals surface area contributed by atoms with Crippen LogP contribution >= 0.6 is 0 Å². The Labute approximate surface area is 209 Å². The molecular weight excluding hydrogens is 458 g/mol. The summed E-state index contributed by atoms with van der Waals surface area (Å²) in [5.74, 6) is 1.16. The Balaban J connectivity index is 1.60. The van der Waals surface area contributed by atoms with E-state index in [0.717, 1.165) is 22.6 Å². The van der Waals surface area contributed by atoms with Crippen LogP contribution in [0.25, 0.3) is 0 Å². The van der Waals surface area contributed by atoms with Gasteiger partial charge in [0.2, 0.25) is 0 Å². The highest BCUT2D eigenvalue weighted by atomic mass is 16.6. The smallest absolute Gasteiger partial charge is 0.275 e. The van der Waals surface area contributed by atoms with Crippen molar-refractivity contribution in [3.63, 3.8) is 0 Å². The van der Waals surface area contributed by atoms with Crippen molar-refractivity contribution in [1.29, 1.82) is 0 Å². The molecule has 0 saturated carbocycles. The van der Waals surface area contributed by atoms with Gasteiger partial charge in [0.15, 0.2) is 17.3 Å². The average molecular weight is 486 g/mol. The predicted octanol–water partition coefficient (Wildman–Crippen LogP) is 5.98. The average Bonchev–Trinajstić information content (AvgIpc) is 3.06. The first-order valence-corrected chi connectivity index (χ1v) is 11.9. The number of benzene rings is 3. The molecule has 5 rings (SSSR count). The molecule has 0 saturated heterocycles. The SMILES string of the molecule is CCOc1ccc([C@@H]2CC(=O)C3=C(C2)Nc2ccccc2N[C@@H]3c2ccccc2[N+](=O)[O-])cc1OC. The summed E-state index contributed by atoms with van der Waals surface area (Å²) in [6.07, 6.45) is 0.859. The Morgan fingerprint density at radius 1 is 1.00 bits per heavy atom. The maximum atomic E-state index is 13.7. The number of ether oxygens (including phenoxy) is 2. The van der Waals surface area contributed by atoms with E-state index in [4.69, 9.17) is 9.47 Å². The first-order valence-electron chi connectivity index (χ1n) is 11.9. The normalized spacial score (nSPS) is 18.8. The van der Waals surface area contributed by atoms with Crippen LogP contribution in [0.1, 0.15) is 42.9 Å². The highest BCUT2D eigenvalue weighted by Crippen LogP contribution is 2.46. The monoisotopic (exact) mass is 485 g/mol. The Morgan fingerprint density at radius 3 is 2.50 bits per heavy atom. The fraction of sp³-hybridized carbons (Fsp3) is 0.250. The minimum atomic E-state index is -0.652. The number of fused-ring (bicyclic) bond motifs is 1. The second-order valence-electron chi connectivity index (χ2n) is 8.83. The number of carbonyl (C=O) groups is 1. The van der Waals surface area contributed by atoms with Gasteiger partial charge in [-0.3, -0.25) is 14.9 Å². The fourth-order valence-electron chi connectivity index (χ4n) is 5.07. The standard InChI is InChI=1S/C28H27N3O5/c1-3-36-25-13-12-17(16-26(25)35-2)18-14-22-27(24(32)15-18)28(19-8-4-7-11-23(19)31(33)34)30-21-10-6-5-9-20(21)29-22/h4-13,16,18,28-30H,3,14-15H2,1-2H3/t18-,28+/m0/s1. The van der Waals surface area contributed by atoms with Crippen LogP contribution in [0, 0.1) is 10.1 Å². The molecule has 36 heavy (non-hydrogen) atoms. The molecule has 0 aromatic heterocycles. The van der Waals surface area contributed by atoms with Crippen molar-refractivity contribution in [3.05, 3.63) is 99.2 Å². The molecule has 1 heterocycles. The van der Waals surface area contributed by atoms with Crippen molar-refractivity contribution < 1.29 is 19.2 Å². The molecule has 8 nitrogen and oxygen atoms in total. The molecule has 0 fully saturated rings. The number of para-hydroxylation sites is 3. The van der Waals surface area contributed by atoms with E-state index < -0.39 is 11.0 Å². The van der Waals surface area contributed by atoms with E-state index >= 15 is 0 Å². The lowest BCUT2D eigenvalue weighted by Crippen LogP contribution is -2.27. The van der Waals surface area contributed by atoms with E-state index in [1.807, 2.05) is 49.4 Å². The Bertz CT molecular complexity index is 1370. The highest BCUT2D eigenvalue weighted by molar-refractivity contribution is 6.01. The number of hydrogen-bond donors (Lipinski definition) is 2. The minimum Gasteiger partial charge on any atom is -0.493 e. The second-order valence-corrected chi connectivity index (χ2v) is 8.83. The van der Waals surface area contributed by atoms with E-state index in [0.29, 0.717) is 35.7 Å². The molecule has 0 unspecified atom stereocenters. The van der Waals surface area contributed by atoms with Crippen LogP contribution in [-0.2, 0) is 4.79 Å². The van der Waals surface area contributed by atoms with Gasteiger partial charge in [0.05, 0.1) is 41.6 Å². The summed E-state index contributed by atoms with van der Waals surface area (Å²) in [6, 6.07) is 19.4. The number of anilines is 2. The molecule has 1 aliphatic carbocycles. The lowest BCUT2D eigenvalue weighted by atomic mass is 9.78. The van der Waals surface area contributed by atoms with E-state index in [9.17, 15) is 14.9 Å². The lowest BCUT2D eigenvalue weighted by molar-refractivity contribution is -0.385. The number of nitrogens with zero attached hydrogens (tertiary/aromatic N) is 1. The van der Waals surface area contributed by atoms with Crippen molar-refractivity contribution in [2.24, 2.45) is 0 Å². The quantitative estimate of drug-likeness (QED) is 0.327. The predicted molar refractivity (Wildman–Crippen MR) is 138 cm³/mol. The summed E-state index contributed by atoms with van der Waals surface area (Å²) >= 11 is 0. The minimum absolute atomic E-state index is 0.0209. The molecule has 1 aliphatic heterocycles. The number of nitrogens with one attached hydrogen (secondary N) is 2. The Hall–Kier alpha value is -4.33. The second kappa shape index (κ2) is 9.73. The largest absolute Gasteiger partial charge is 0.493 e. The van der Waals surface area contributed by atoms with Gasteiger partial charge < -0.3 is 20.1 Å². The number of Topliss-reactive ketones (excluding diaryl/α,β-unsaturated/α-hetero) is 1. The number of ketones is 1. The number of hydrogen-bond acceptors (Lipinski definition) is 7. The molecule has 3 aromatic rings. The molecular formula is C28H27N3O5. The van der Waals surface area contributed by atoms with Crippen molar-refractivity contribution in [3.8, 4) is 11.5 Å². The van der Waals surface area contributed by atoms with Crippen LogP contribution in [0.4, 0.5) is 17.1 Å². The van der Waals surface area contributed by atoms with Crippen molar-refractivity contribution in [2.45, 2.75) is 31.7 Å². The zero-order valence-corrected chi connectivity index (χ0v) is 20.1. The van der Waals surface area contributed by atoms with Crippen LogP contribution < -0.4 is 20.1 Å². The van der Waals surface area contributed by atoms with Crippen molar-refractivity contribution in [1.82, 2.24) is 0 Å². The van der Waals surface area contributed by atoms with Crippen LogP contribution in [0.5, 0.6) is 11.5 Å². The third-order valence-electron chi connectivity index (χ3n) is 6.71. The van der Waals surface area contributed by atoms with Gasteiger partial charge in [-0.2, -0.15) is 0 Å².